The molecule has 0 fully saturated rings. The summed E-state index contributed by atoms with van der Waals surface area (Å²) in [6.45, 7) is 0. The van der Waals surface area contributed by atoms with Gasteiger partial charge in [0.2, 0.25) is 11.7 Å². The van der Waals surface area contributed by atoms with E-state index in [9.17, 15) is 0 Å². The molecule has 7 heteroatoms. The minimum absolute atomic E-state index is 0.627. The molecule has 0 saturated carbocycles. The Bertz CT molecular complexity index is 3030. The number of nitrogens with zero attached hydrogens (tertiary/aromatic N) is 7. The average molecular weight is 642 g/mol. The Hall–Kier alpha value is -6.99. The largest absolute Gasteiger partial charge is 0.293 e. The molecule has 234 valence electrons. The van der Waals surface area contributed by atoms with Crippen molar-refractivity contribution in [1.82, 2.24) is 32.9 Å². The fraction of sp³-hybridized carbons (Fsp3) is 0. The van der Waals surface area contributed by atoms with E-state index in [1.807, 2.05) is 42.5 Å². The minimum atomic E-state index is 0.627. The molecule has 0 saturated heterocycles. The highest BCUT2D eigenvalue weighted by atomic mass is 15.2. The topological polar surface area (TPSA) is 57.4 Å². The van der Waals surface area contributed by atoms with Gasteiger partial charge in [-0.1, -0.05) is 103 Å². The maximum absolute atomic E-state index is 5.21. The zero-order valence-electron chi connectivity index (χ0n) is 26.7. The molecule has 5 aromatic heterocycles. The van der Waals surface area contributed by atoms with Gasteiger partial charge in [-0.05, 0) is 60.7 Å². The SMILES string of the molecule is c1ccc(-c2cc(-c3ccccc3)nc(-n3c4ccccc4n4c5cc(-n6c7ccccc7n7c8ccccc8nc67)ccc5cc34)n2)cc1. The number of imidazole rings is 3. The molecule has 0 N–H and O–H groups in total. The first-order chi connectivity index (χ1) is 24.8. The van der Waals surface area contributed by atoms with Gasteiger partial charge in [0.25, 0.3) is 0 Å². The smallest absolute Gasteiger partial charge is 0.237 e. The van der Waals surface area contributed by atoms with Crippen molar-refractivity contribution >= 4 is 55.4 Å². The van der Waals surface area contributed by atoms with Crippen LogP contribution < -0.4 is 0 Å². The van der Waals surface area contributed by atoms with E-state index in [0.29, 0.717) is 5.95 Å². The Labute approximate surface area is 285 Å². The third-order valence-corrected chi connectivity index (χ3v) is 9.78. The zero-order chi connectivity index (χ0) is 32.8. The summed E-state index contributed by atoms with van der Waals surface area (Å²) in [5, 5.41) is 1.13. The lowest BCUT2D eigenvalue weighted by atomic mass is 10.1. The van der Waals surface area contributed by atoms with Crippen molar-refractivity contribution in [1.29, 1.82) is 0 Å². The molecule has 0 unspecified atom stereocenters. The van der Waals surface area contributed by atoms with Gasteiger partial charge in [0.05, 0.1) is 55.7 Å². The minimum Gasteiger partial charge on any atom is -0.293 e. The summed E-state index contributed by atoms with van der Waals surface area (Å²) in [5.74, 6) is 1.52. The van der Waals surface area contributed by atoms with Crippen LogP contribution >= 0.6 is 0 Å². The van der Waals surface area contributed by atoms with Crippen LogP contribution in [0.15, 0.2) is 164 Å². The van der Waals surface area contributed by atoms with Gasteiger partial charge < -0.3 is 0 Å². The quantitative estimate of drug-likeness (QED) is 0.192. The zero-order valence-corrected chi connectivity index (χ0v) is 26.7. The van der Waals surface area contributed by atoms with Crippen molar-refractivity contribution in [3.63, 3.8) is 0 Å². The highest BCUT2D eigenvalue weighted by Gasteiger charge is 2.21. The molecule has 0 aliphatic carbocycles. The number of fused-ring (bicyclic) bond motifs is 10. The van der Waals surface area contributed by atoms with E-state index in [-0.39, 0.29) is 0 Å². The molecule has 0 amide bonds. The fourth-order valence-corrected chi connectivity index (χ4v) is 7.56. The molecule has 0 bridgehead atoms. The average Bonchev–Trinajstić information content (AvgIpc) is 3.91. The van der Waals surface area contributed by atoms with Crippen LogP contribution in [-0.2, 0) is 0 Å². The van der Waals surface area contributed by atoms with Crippen molar-refractivity contribution in [2.45, 2.75) is 0 Å². The fourth-order valence-electron chi connectivity index (χ4n) is 7.56. The van der Waals surface area contributed by atoms with Gasteiger partial charge in [0.15, 0.2) is 0 Å². The lowest BCUT2D eigenvalue weighted by molar-refractivity contribution is 0.986. The molecule has 0 spiro atoms. The summed E-state index contributed by atoms with van der Waals surface area (Å²) in [4.78, 5) is 15.5. The summed E-state index contributed by atoms with van der Waals surface area (Å²) in [6, 6.07) is 57.0. The van der Waals surface area contributed by atoms with Crippen LogP contribution in [0.4, 0.5) is 0 Å². The molecule has 0 aliphatic rings. The first-order valence-corrected chi connectivity index (χ1v) is 16.7. The number of aromatic nitrogens is 7. The molecule has 11 aromatic rings. The lowest BCUT2D eigenvalue weighted by Gasteiger charge is -2.10. The van der Waals surface area contributed by atoms with Crippen LogP contribution in [0.2, 0.25) is 0 Å². The van der Waals surface area contributed by atoms with Crippen molar-refractivity contribution in [3.8, 4) is 34.2 Å². The predicted molar refractivity (Wildman–Crippen MR) is 201 cm³/mol. The predicted octanol–water partition coefficient (Wildman–Crippen LogP) is 9.91. The maximum Gasteiger partial charge on any atom is 0.237 e. The van der Waals surface area contributed by atoms with Crippen LogP contribution in [0.1, 0.15) is 0 Å². The number of hydrogen-bond donors (Lipinski definition) is 0. The summed E-state index contributed by atoms with van der Waals surface area (Å²) >= 11 is 0. The van der Waals surface area contributed by atoms with E-state index in [0.717, 1.165) is 83.6 Å². The van der Waals surface area contributed by atoms with Crippen LogP contribution in [0, 0.1) is 0 Å². The van der Waals surface area contributed by atoms with E-state index in [4.69, 9.17) is 15.0 Å². The van der Waals surface area contributed by atoms with Gasteiger partial charge in [0, 0.05) is 16.5 Å². The first kappa shape index (κ1) is 27.0. The van der Waals surface area contributed by atoms with Gasteiger partial charge in [-0.25, -0.2) is 15.0 Å². The standard InChI is InChI=1S/C43H27N7/c1-3-13-28(14-4-1)33-27-34(29-15-5-2-6-16-29)45-42(44-33)50-39-22-12-10-20-37(39)48-40-26-31(24-23-30(40)25-41(48)50)47-36-19-9-11-21-38(36)49-35-18-8-7-17-32(35)46-43(47)49/h1-27H. The monoisotopic (exact) mass is 641 g/mol. The Balaban J connectivity index is 1.19. The van der Waals surface area contributed by atoms with E-state index >= 15 is 0 Å². The molecule has 6 aromatic carbocycles. The lowest BCUT2D eigenvalue weighted by Crippen LogP contribution is -2.04. The molecule has 0 radical (unpaired) electrons. The Morgan fingerprint density at radius 3 is 1.62 bits per heavy atom. The molecule has 5 heterocycles. The second-order valence-electron chi connectivity index (χ2n) is 12.6. The third kappa shape index (κ3) is 3.82. The maximum atomic E-state index is 5.21. The first-order valence-electron chi connectivity index (χ1n) is 16.7. The highest BCUT2D eigenvalue weighted by molar-refractivity contribution is 5.98. The van der Waals surface area contributed by atoms with Crippen molar-refractivity contribution in [3.05, 3.63) is 164 Å². The van der Waals surface area contributed by atoms with Gasteiger partial charge in [-0.2, -0.15) is 0 Å². The van der Waals surface area contributed by atoms with Gasteiger partial charge in [-0.15, -0.1) is 0 Å². The molecule has 7 nitrogen and oxygen atoms in total. The number of para-hydroxylation sites is 6. The number of rotatable bonds is 4. The van der Waals surface area contributed by atoms with E-state index in [1.165, 1.54) is 0 Å². The molecule has 11 rings (SSSR count). The van der Waals surface area contributed by atoms with Gasteiger partial charge in [0.1, 0.15) is 5.65 Å². The van der Waals surface area contributed by atoms with Crippen molar-refractivity contribution in [2.24, 2.45) is 0 Å². The summed E-state index contributed by atoms with van der Waals surface area (Å²) < 4.78 is 9.06. The van der Waals surface area contributed by atoms with Gasteiger partial charge >= 0.3 is 0 Å². The Morgan fingerprint density at radius 2 is 0.940 bits per heavy atom. The van der Waals surface area contributed by atoms with Crippen molar-refractivity contribution < 1.29 is 0 Å². The molecule has 0 aliphatic heterocycles. The van der Waals surface area contributed by atoms with E-state index in [1.54, 1.807) is 0 Å². The Morgan fingerprint density at radius 1 is 0.380 bits per heavy atom. The Kier molecular flexibility index (Phi) is 5.54. The van der Waals surface area contributed by atoms with Crippen LogP contribution in [0.5, 0.6) is 0 Å². The van der Waals surface area contributed by atoms with Crippen LogP contribution in [0.25, 0.3) is 89.6 Å². The second kappa shape index (κ2) is 10.3. The van der Waals surface area contributed by atoms with Crippen LogP contribution in [-0.4, -0.2) is 32.9 Å². The molecular formula is C43H27N7. The van der Waals surface area contributed by atoms with E-state index in [2.05, 4.69) is 139 Å². The van der Waals surface area contributed by atoms with Crippen molar-refractivity contribution in [2.75, 3.05) is 0 Å². The molecule has 50 heavy (non-hydrogen) atoms. The number of hydrogen-bond acceptors (Lipinski definition) is 3. The molecule has 0 atom stereocenters. The third-order valence-electron chi connectivity index (χ3n) is 9.78. The molecular weight excluding hydrogens is 615 g/mol. The van der Waals surface area contributed by atoms with E-state index < -0.39 is 0 Å². The normalized spacial score (nSPS) is 12.0. The number of benzene rings is 6. The second-order valence-corrected chi connectivity index (χ2v) is 12.6. The summed E-state index contributed by atoms with van der Waals surface area (Å²) in [7, 11) is 0. The summed E-state index contributed by atoms with van der Waals surface area (Å²) in [5.41, 5.74) is 13.4. The van der Waals surface area contributed by atoms with Gasteiger partial charge in [-0.3, -0.25) is 17.9 Å². The summed E-state index contributed by atoms with van der Waals surface area (Å²) in [6.07, 6.45) is 0. The van der Waals surface area contributed by atoms with Crippen LogP contribution in [0.3, 0.4) is 0 Å². The highest BCUT2D eigenvalue weighted by Crippen LogP contribution is 2.35.